The normalized spacial score (nSPS) is 11.9. The number of nitrogens with one attached hydrogen (secondary N) is 1. The lowest BCUT2D eigenvalue weighted by atomic mass is 10.2. The summed E-state index contributed by atoms with van der Waals surface area (Å²) in [7, 11) is 0. The van der Waals surface area contributed by atoms with Gasteiger partial charge in [0, 0.05) is 17.3 Å². The van der Waals surface area contributed by atoms with E-state index in [1.54, 1.807) is 30.3 Å². The van der Waals surface area contributed by atoms with Gasteiger partial charge in [-0.3, -0.25) is 4.79 Å². The van der Waals surface area contributed by atoms with Crippen LogP contribution in [0.4, 0.5) is 5.69 Å². The molecule has 1 aromatic heterocycles. The van der Waals surface area contributed by atoms with Gasteiger partial charge in [0.1, 0.15) is 5.75 Å². The predicted molar refractivity (Wildman–Crippen MR) is 112 cm³/mol. The lowest BCUT2D eigenvalue weighted by Crippen LogP contribution is -2.20. The highest BCUT2D eigenvalue weighted by molar-refractivity contribution is 5.92. The number of ether oxygens (including phenoxy) is 3. The first-order valence-electron chi connectivity index (χ1n) is 9.57. The maximum atomic E-state index is 12.4. The van der Waals surface area contributed by atoms with Crippen LogP contribution >= 0.6 is 0 Å². The molecule has 0 saturated carbocycles. The van der Waals surface area contributed by atoms with Crippen LogP contribution in [0.15, 0.2) is 77.2 Å². The first kappa shape index (κ1) is 18.7. The molecule has 1 N–H and O–H groups in total. The number of para-hydroxylation sites is 1. The Morgan fingerprint density at radius 1 is 0.903 bits per heavy atom. The SMILES string of the molecule is O=C(COc1ccccc1-c1nnc(-c2ccccc2)o1)Nc1ccc2c(c1)OCO2. The Hall–Kier alpha value is -4.33. The number of nitrogens with zero attached hydrogens (tertiary/aromatic N) is 2. The molecule has 8 nitrogen and oxygen atoms in total. The second-order valence-electron chi connectivity index (χ2n) is 6.68. The number of rotatable bonds is 6. The van der Waals surface area contributed by atoms with Crippen LogP contribution in [0.1, 0.15) is 0 Å². The molecule has 8 heteroatoms. The molecule has 0 atom stereocenters. The van der Waals surface area contributed by atoms with Gasteiger partial charge in [-0.05, 0) is 36.4 Å². The lowest BCUT2D eigenvalue weighted by molar-refractivity contribution is -0.118. The van der Waals surface area contributed by atoms with E-state index in [4.69, 9.17) is 18.6 Å². The van der Waals surface area contributed by atoms with Crippen LogP contribution in [0, 0.1) is 0 Å². The molecule has 0 radical (unpaired) electrons. The molecule has 31 heavy (non-hydrogen) atoms. The van der Waals surface area contributed by atoms with Gasteiger partial charge in [-0.2, -0.15) is 0 Å². The largest absolute Gasteiger partial charge is 0.483 e. The van der Waals surface area contributed by atoms with Crippen molar-refractivity contribution in [3.8, 4) is 40.2 Å². The van der Waals surface area contributed by atoms with Crippen molar-refractivity contribution in [1.29, 1.82) is 0 Å². The van der Waals surface area contributed by atoms with Gasteiger partial charge in [-0.15, -0.1) is 10.2 Å². The van der Waals surface area contributed by atoms with Crippen LogP contribution in [0.25, 0.3) is 22.9 Å². The summed E-state index contributed by atoms with van der Waals surface area (Å²) in [6.07, 6.45) is 0. The maximum Gasteiger partial charge on any atom is 0.262 e. The van der Waals surface area contributed by atoms with Crippen LogP contribution in [-0.2, 0) is 4.79 Å². The number of amides is 1. The molecule has 0 bridgehead atoms. The van der Waals surface area contributed by atoms with Crippen molar-refractivity contribution in [2.45, 2.75) is 0 Å². The fraction of sp³-hybridized carbons (Fsp3) is 0.0870. The van der Waals surface area contributed by atoms with Crippen LogP contribution in [0.3, 0.4) is 0 Å². The minimum atomic E-state index is -0.316. The van der Waals surface area contributed by atoms with E-state index in [-0.39, 0.29) is 19.3 Å². The zero-order valence-corrected chi connectivity index (χ0v) is 16.3. The summed E-state index contributed by atoms with van der Waals surface area (Å²) >= 11 is 0. The Morgan fingerprint density at radius 2 is 1.68 bits per heavy atom. The van der Waals surface area contributed by atoms with Crippen molar-refractivity contribution >= 4 is 11.6 Å². The Labute approximate surface area is 177 Å². The molecule has 0 saturated heterocycles. The summed E-state index contributed by atoms with van der Waals surface area (Å²) < 4.78 is 22.1. The van der Waals surface area contributed by atoms with Crippen LogP contribution < -0.4 is 19.5 Å². The molecule has 0 unspecified atom stereocenters. The molecule has 1 amide bonds. The molecule has 154 valence electrons. The quantitative estimate of drug-likeness (QED) is 0.505. The first-order valence-corrected chi connectivity index (χ1v) is 9.57. The van der Waals surface area contributed by atoms with Crippen molar-refractivity contribution in [3.63, 3.8) is 0 Å². The lowest BCUT2D eigenvalue weighted by Gasteiger charge is -2.10. The Bertz CT molecular complexity index is 1220. The van der Waals surface area contributed by atoms with Crippen molar-refractivity contribution in [2.24, 2.45) is 0 Å². The van der Waals surface area contributed by atoms with Gasteiger partial charge >= 0.3 is 0 Å². The molecule has 5 rings (SSSR count). The zero-order chi connectivity index (χ0) is 21.0. The number of hydrogen-bond donors (Lipinski definition) is 1. The Kier molecular flexibility index (Phi) is 4.94. The number of fused-ring (bicyclic) bond motifs is 1. The van der Waals surface area contributed by atoms with Gasteiger partial charge in [-0.25, -0.2) is 0 Å². The standard InChI is InChI=1S/C23H17N3O5/c27-21(24-16-10-11-19-20(12-16)30-14-29-19)13-28-18-9-5-4-8-17(18)23-26-25-22(31-23)15-6-2-1-3-7-15/h1-12H,13-14H2,(H,24,27). The molecule has 0 spiro atoms. The number of anilines is 1. The van der Waals surface area contributed by atoms with Crippen molar-refractivity contribution in [3.05, 3.63) is 72.8 Å². The maximum absolute atomic E-state index is 12.4. The minimum absolute atomic E-state index is 0.175. The van der Waals surface area contributed by atoms with Gasteiger partial charge < -0.3 is 23.9 Å². The van der Waals surface area contributed by atoms with E-state index < -0.39 is 0 Å². The molecular formula is C23H17N3O5. The van der Waals surface area contributed by atoms with E-state index in [0.29, 0.717) is 40.3 Å². The van der Waals surface area contributed by atoms with Crippen molar-refractivity contribution in [2.75, 3.05) is 18.7 Å². The number of aromatic nitrogens is 2. The highest BCUT2D eigenvalue weighted by atomic mass is 16.7. The topological polar surface area (TPSA) is 95.7 Å². The second-order valence-corrected chi connectivity index (χ2v) is 6.68. The molecule has 0 aliphatic carbocycles. The van der Waals surface area contributed by atoms with Gasteiger partial charge in [0.05, 0.1) is 5.56 Å². The van der Waals surface area contributed by atoms with Crippen LogP contribution in [-0.4, -0.2) is 29.5 Å². The monoisotopic (exact) mass is 415 g/mol. The van der Waals surface area contributed by atoms with Gasteiger partial charge in [0.25, 0.3) is 11.8 Å². The van der Waals surface area contributed by atoms with Gasteiger partial charge in [-0.1, -0.05) is 30.3 Å². The number of carbonyl (C=O) groups is 1. The third kappa shape index (κ3) is 4.04. The fourth-order valence-corrected chi connectivity index (χ4v) is 3.11. The summed E-state index contributed by atoms with van der Waals surface area (Å²) in [6, 6.07) is 21.9. The van der Waals surface area contributed by atoms with E-state index in [2.05, 4.69) is 15.5 Å². The fourth-order valence-electron chi connectivity index (χ4n) is 3.11. The summed E-state index contributed by atoms with van der Waals surface area (Å²) in [5, 5.41) is 11.0. The van der Waals surface area contributed by atoms with E-state index >= 15 is 0 Å². The predicted octanol–water partition coefficient (Wildman–Crippen LogP) is 4.15. The number of carbonyl (C=O) groups excluding carboxylic acids is 1. The summed E-state index contributed by atoms with van der Waals surface area (Å²) in [4.78, 5) is 12.4. The molecule has 1 aliphatic heterocycles. The highest BCUT2D eigenvalue weighted by Gasteiger charge is 2.17. The Morgan fingerprint density at radius 3 is 2.58 bits per heavy atom. The molecule has 0 fully saturated rings. The van der Waals surface area contributed by atoms with Crippen LogP contribution in [0.2, 0.25) is 0 Å². The van der Waals surface area contributed by atoms with E-state index in [0.717, 1.165) is 5.56 Å². The molecule has 3 aromatic carbocycles. The summed E-state index contributed by atoms with van der Waals surface area (Å²) in [6.45, 7) is -0.0145. The average Bonchev–Trinajstić information content (AvgIpc) is 3.48. The van der Waals surface area contributed by atoms with Gasteiger partial charge in [0.2, 0.25) is 12.7 Å². The average molecular weight is 415 g/mol. The van der Waals surface area contributed by atoms with E-state index in [1.807, 2.05) is 42.5 Å². The number of hydrogen-bond acceptors (Lipinski definition) is 7. The third-order valence-corrected chi connectivity index (χ3v) is 4.58. The van der Waals surface area contributed by atoms with E-state index in [9.17, 15) is 4.79 Å². The summed E-state index contributed by atoms with van der Waals surface area (Å²) in [5.41, 5.74) is 2.02. The molecule has 2 heterocycles. The van der Waals surface area contributed by atoms with E-state index in [1.165, 1.54) is 0 Å². The smallest absolute Gasteiger partial charge is 0.262 e. The summed E-state index contributed by atoms with van der Waals surface area (Å²) in [5.74, 6) is 2.11. The Balaban J connectivity index is 1.28. The third-order valence-electron chi connectivity index (χ3n) is 4.58. The molecular weight excluding hydrogens is 398 g/mol. The zero-order valence-electron chi connectivity index (χ0n) is 16.3. The minimum Gasteiger partial charge on any atom is -0.483 e. The van der Waals surface area contributed by atoms with Crippen LogP contribution in [0.5, 0.6) is 17.2 Å². The molecule has 4 aromatic rings. The van der Waals surface area contributed by atoms with Crippen molar-refractivity contribution < 1.29 is 23.4 Å². The first-order chi connectivity index (χ1) is 15.3. The highest BCUT2D eigenvalue weighted by Crippen LogP contribution is 2.34. The van der Waals surface area contributed by atoms with Gasteiger partial charge in [0.15, 0.2) is 18.1 Å². The molecule has 1 aliphatic rings. The second kappa shape index (κ2) is 8.19. The van der Waals surface area contributed by atoms with Crippen molar-refractivity contribution in [1.82, 2.24) is 10.2 Å². The number of benzene rings is 3.